The average molecular weight is 314 g/mol. The molecule has 0 atom stereocenters. The smallest absolute Gasteiger partial charge is 0.156 e. The van der Waals surface area contributed by atoms with Crippen molar-refractivity contribution in [2.45, 2.75) is 25.7 Å². The van der Waals surface area contributed by atoms with Crippen molar-refractivity contribution in [3.8, 4) is 5.75 Å². The van der Waals surface area contributed by atoms with Crippen LogP contribution in [0.5, 0.6) is 5.75 Å². The number of ether oxygens (including phenoxy) is 1. The summed E-state index contributed by atoms with van der Waals surface area (Å²) in [6, 6.07) is 3.26. The number of halogens is 3. The van der Waals surface area contributed by atoms with E-state index in [-0.39, 0.29) is 0 Å². The first kappa shape index (κ1) is 15.3. The van der Waals surface area contributed by atoms with Crippen LogP contribution in [0.2, 0.25) is 15.1 Å². The fraction of sp³-hybridized carbons (Fsp3) is 0.500. The summed E-state index contributed by atoms with van der Waals surface area (Å²) >= 11 is 22.0. The number of rotatable bonds is 7. The first-order chi connectivity index (χ1) is 8.15. The standard InChI is InChI=1S/C12H15Cl3OS/c13-9-7-10(14)12(11(15)8-9)16-5-3-1-2-4-6-17/h7-8,17H,1-6H2. The highest BCUT2D eigenvalue weighted by molar-refractivity contribution is 7.80. The van der Waals surface area contributed by atoms with E-state index in [2.05, 4.69) is 12.6 Å². The van der Waals surface area contributed by atoms with Gasteiger partial charge in [-0.15, -0.1) is 0 Å². The summed E-state index contributed by atoms with van der Waals surface area (Å²) < 4.78 is 5.56. The van der Waals surface area contributed by atoms with Crippen LogP contribution in [0.3, 0.4) is 0 Å². The van der Waals surface area contributed by atoms with E-state index in [0.717, 1.165) is 25.0 Å². The van der Waals surface area contributed by atoms with Crippen molar-refractivity contribution in [3.05, 3.63) is 27.2 Å². The lowest BCUT2D eigenvalue weighted by Crippen LogP contribution is -1.98. The lowest BCUT2D eigenvalue weighted by molar-refractivity contribution is 0.305. The molecule has 1 rings (SSSR count). The van der Waals surface area contributed by atoms with Crippen molar-refractivity contribution in [1.29, 1.82) is 0 Å². The lowest BCUT2D eigenvalue weighted by atomic mass is 10.2. The van der Waals surface area contributed by atoms with Gasteiger partial charge >= 0.3 is 0 Å². The van der Waals surface area contributed by atoms with Crippen LogP contribution < -0.4 is 4.74 Å². The molecule has 0 aliphatic heterocycles. The molecule has 0 radical (unpaired) electrons. The lowest BCUT2D eigenvalue weighted by Gasteiger charge is -2.10. The van der Waals surface area contributed by atoms with Gasteiger partial charge in [0.25, 0.3) is 0 Å². The number of benzene rings is 1. The molecule has 1 aromatic rings. The summed E-state index contributed by atoms with van der Waals surface area (Å²) in [7, 11) is 0. The number of hydrogen-bond acceptors (Lipinski definition) is 2. The van der Waals surface area contributed by atoms with Crippen LogP contribution >= 0.6 is 47.4 Å². The van der Waals surface area contributed by atoms with E-state index >= 15 is 0 Å². The molecule has 0 spiro atoms. The summed E-state index contributed by atoms with van der Waals surface area (Å²) in [4.78, 5) is 0. The van der Waals surface area contributed by atoms with Gasteiger partial charge < -0.3 is 4.74 Å². The Bertz CT molecular complexity index is 335. The van der Waals surface area contributed by atoms with Gasteiger partial charge in [0.15, 0.2) is 5.75 Å². The Kier molecular flexibility index (Phi) is 7.52. The molecule has 1 aromatic carbocycles. The minimum Gasteiger partial charge on any atom is -0.490 e. The Balaban J connectivity index is 2.36. The molecule has 0 unspecified atom stereocenters. The third kappa shape index (κ3) is 5.60. The largest absolute Gasteiger partial charge is 0.490 e. The maximum Gasteiger partial charge on any atom is 0.156 e. The average Bonchev–Trinajstić information content (AvgIpc) is 2.26. The van der Waals surface area contributed by atoms with Crippen molar-refractivity contribution in [1.82, 2.24) is 0 Å². The molecule has 0 saturated heterocycles. The Morgan fingerprint density at radius 3 is 2.12 bits per heavy atom. The van der Waals surface area contributed by atoms with Gasteiger partial charge in [0.05, 0.1) is 16.7 Å². The van der Waals surface area contributed by atoms with E-state index in [9.17, 15) is 0 Å². The molecule has 0 aliphatic rings. The summed E-state index contributed by atoms with van der Waals surface area (Å²) in [5, 5.41) is 1.43. The molecule has 1 nitrogen and oxygen atoms in total. The fourth-order valence-corrected chi connectivity index (χ4v) is 2.56. The number of thiol groups is 1. The molecule has 0 heterocycles. The Morgan fingerprint density at radius 1 is 0.941 bits per heavy atom. The molecule has 0 amide bonds. The first-order valence-corrected chi connectivity index (χ1v) is 7.30. The Morgan fingerprint density at radius 2 is 1.53 bits per heavy atom. The molecular formula is C12H15Cl3OS. The zero-order valence-corrected chi connectivity index (χ0v) is 12.5. The second-order valence-corrected chi connectivity index (χ2v) is 5.38. The van der Waals surface area contributed by atoms with Crippen LogP contribution in [-0.4, -0.2) is 12.4 Å². The third-order valence-corrected chi connectivity index (χ3v) is 3.36. The molecule has 0 bridgehead atoms. The maximum absolute atomic E-state index is 5.99. The monoisotopic (exact) mass is 312 g/mol. The Labute approximate surface area is 123 Å². The quantitative estimate of drug-likeness (QED) is 0.515. The Hall–Kier alpha value is 0.240. The van der Waals surface area contributed by atoms with E-state index in [4.69, 9.17) is 39.5 Å². The normalized spacial score (nSPS) is 10.6. The maximum atomic E-state index is 5.99. The fourth-order valence-electron chi connectivity index (χ4n) is 1.41. The predicted octanol–water partition coefficient (Wildman–Crippen LogP) is 5.52. The van der Waals surface area contributed by atoms with Crippen molar-refractivity contribution in [2.24, 2.45) is 0 Å². The zero-order chi connectivity index (χ0) is 12.7. The van der Waals surface area contributed by atoms with Crippen LogP contribution in [0.1, 0.15) is 25.7 Å². The van der Waals surface area contributed by atoms with Crippen molar-refractivity contribution >= 4 is 47.4 Å². The highest BCUT2D eigenvalue weighted by Gasteiger charge is 2.08. The van der Waals surface area contributed by atoms with Gasteiger partial charge in [0.1, 0.15) is 0 Å². The molecular weight excluding hydrogens is 299 g/mol. The predicted molar refractivity (Wildman–Crippen MR) is 79.3 cm³/mol. The second-order valence-electron chi connectivity index (χ2n) is 3.68. The molecule has 0 fully saturated rings. The van der Waals surface area contributed by atoms with E-state index in [0.29, 0.717) is 27.4 Å². The minimum absolute atomic E-state index is 0.456. The molecule has 0 N–H and O–H groups in total. The topological polar surface area (TPSA) is 9.23 Å². The number of unbranched alkanes of at least 4 members (excludes halogenated alkanes) is 3. The highest BCUT2D eigenvalue weighted by Crippen LogP contribution is 2.35. The van der Waals surface area contributed by atoms with Gasteiger partial charge in [-0.2, -0.15) is 12.6 Å². The third-order valence-electron chi connectivity index (χ3n) is 2.26. The molecule has 0 saturated carbocycles. The molecule has 17 heavy (non-hydrogen) atoms. The summed E-state index contributed by atoms with van der Waals surface area (Å²) in [5.74, 6) is 1.46. The van der Waals surface area contributed by atoms with Gasteiger partial charge in [-0.1, -0.05) is 47.6 Å². The van der Waals surface area contributed by atoms with Gasteiger partial charge in [0.2, 0.25) is 0 Å². The summed E-state index contributed by atoms with van der Waals surface area (Å²) in [6.45, 7) is 0.619. The van der Waals surface area contributed by atoms with Crippen molar-refractivity contribution in [2.75, 3.05) is 12.4 Å². The highest BCUT2D eigenvalue weighted by atomic mass is 35.5. The molecule has 0 aliphatic carbocycles. The number of hydrogen-bond donors (Lipinski definition) is 1. The first-order valence-electron chi connectivity index (χ1n) is 5.53. The van der Waals surface area contributed by atoms with Gasteiger partial charge in [-0.25, -0.2) is 0 Å². The van der Waals surface area contributed by atoms with Gasteiger partial charge in [0, 0.05) is 5.02 Å². The molecule has 5 heteroatoms. The van der Waals surface area contributed by atoms with Gasteiger partial charge in [-0.3, -0.25) is 0 Å². The van der Waals surface area contributed by atoms with Crippen LogP contribution in [0.4, 0.5) is 0 Å². The van der Waals surface area contributed by atoms with E-state index < -0.39 is 0 Å². The second kappa shape index (κ2) is 8.36. The van der Waals surface area contributed by atoms with Crippen LogP contribution in [0.25, 0.3) is 0 Å². The molecule has 0 aromatic heterocycles. The van der Waals surface area contributed by atoms with Crippen molar-refractivity contribution < 1.29 is 4.74 Å². The SMILES string of the molecule is SCCCCCCOc1c(Cl)cc(Cl)cc1Cl. The van der Waals surface area contributed by atoms with Gasteiger partial charge in [-0.05, 0) is 30.7 Å². The van der Waals surface area contributed by atoms with E-state index in [1.165, 1.54) is 6.42 Å². The van der Waals surface area contributed by atoms with E-state index in [1.807, 2.05) is 0 Å². The zero-order valence-electron chi connectivity index (χ0n) is 9.39. The van der Waals surface area contributed by atoms with Crippen LogP contribution in [0, 0.1) is 0 Å². The summed E-state index contributed by atoms with van der Waals surface area (Å²) in [5.41, 5.74) is 0. The van der Waals surface area contributed by atoms with Crippen LogP contribution in [-0.2, 0) is 0 Å². The van der Waals surface area contributed by atoms with E-state index in [1.54, 1.807) is 12.1 Å². The van der Waals surface area contributed by atoms with Crippen molar-refractivity contribution in [3.63, 3.8) is 0 Å². The molecule has 96 valence electrons. The minimum atomic E-state index is 0.456. The summed E-state index contributed by atoms with van der Waals surface area (Å²) in [6.07, 6.45) is 4.44. The van der Waals surface area contributed by atoms with Crippen LogP contribution in [0.15, 0.2) is 12.1 Å².